The molecule has 1 saturated heterocycles. The topological polar surface area (TPSA) is 72.1 Å². The fourth-order valence-electron chi connectivity index (χ4n) is 4.18. The molecule has 0 atom stereocenters. The Kier molecular flexibility index (Phi) is 6.10. The number of rotatable bonds is 5. The summed E-state index contributed by atoms with van der Waals surface area (Å²) in [6.45, 7) is 1.20. The average molecular weight is 458 g/mol. The van der Waals surface area contributed by atoms with Crippen LogP contribution in [0.2, 0.25) is 0 Å². The van der Waals surface area contributed by atoms with E-state index >= 15 is 0 Å². The van der Waals surface area contributed by atoms with Crippen molar-refractivity contribution in [2.45, 2.75) is 18.4 Å². The number of hydrogen-bond acceptors (Lipinski definition) is 5. The number of urea groups is 1. The van der Waals surface area contributed by atoms with Gasteiger partial charge in [0.05, 0.1) is 12.8 Å². The van der Waals surface area contributed by atoms with Crippen LogP contribution in [0, 0.1) is 0 Å². The van der Waals surface area contributed by atoms with E-state index in [1.807, 2.05) is 83.8 Å². The van der Waals surface area contributed by atoms with E-state index < -0.39 is 5.60 Å². The quantitative estimate of drug-likeness (QED) is 0.535. The van der Waals surface area contributed by atoms with Gasteiger partial charge in [-0.1, -0.05) is 30.3 Å². The third-order valence-corrected chi connectivity index (χ3v) is 6.13. The second-order valence-corrected chi connectivity index (χ2v) is 8.42. The highest BCUT2D eigenvalue weighted by Crippen LogP contribution is 2.35. The number of hydroxylamine groups is 1. The molecule has 2 aliphatic heterocycles. The molecule has 0 aromatic heterocycles. The van der Waals surface area contributed by atoms with E-state index in [1.165, 1.54) is 0 Å². The molecule has 174 valence electrons. The molecule has 2 amide bonds. The van der Waals surface area contributed by atoms with Crippen LogP contribution in [-0.4, -0.2) is 36.7 Å². The van der Waals surface area contributed by atoms with Crippen LogP contribution in [-0.2, 0) is 4.84 Å². The Balaban J connectivity index is 1.16. The molecule has 1 spiro atoms. The second-order valence-electron chi connectivity index (χ2n) is 8.42. The number of piperidine rings is 1. The number of ether oxygens (including phenoxy) is 2. The van der Waals surface area contributed by atoms with Crippen LogP contribution in [0.3, 0.4) is 0 Å². The van der Waals surface area contributed by atoms with Gasteiger partial charge in [0, 0.05) is 37.2 Å². The van der Waals surface area contributed by atoms with Crippen molar-refractivity contribution < 1.29 is 19.1 Å². The molecule has 2 N–H and O–H groups in total. The van der Waals surface area contributed by atoms with Crippen molar-refractivity contribution in [1.29, 1.82) is 0 Å². The molecule has 0 bridgehead atoms. The van der Waals surface area contributed by atoms with E-state index in [4.69, 9.17) is 14.3 Å². The number of methoxy groups -OCH3 is 1. The number of amides is 2. The molecule has 1 fully saturated rings. The van der Waals surface area contributed by atoms with Gasteiger partial charge in [0.2, 0.25) is 0 Å². The molecule has 3 aromatic rings. The van der Waals surface area contributed by atoms with Crippen molar-refractivity contribution in [3.8, 4) is 17.2 Å². The summed E-state index contributed by atoms with van der Waals surface area (Å²) in [7, 11) is 1.65. The maximum absolute atomic E-state index is 12.8. The van der Waals surface area contributed by atoms with Crippen LogP contribution < -0.4 is 20.3 Å². The molecule has 2 heterocycles. The first-order valence-electron chi connectivity index (χ1n) is 11.3. The zero-order chi connectivity index (χ0) is 23.4. The van der Waals surface area contributed by atoms with Crippen LogP contribution in [0.4, 0.5) is 10.5 Å². The maximum atomic E-state index is 12.8. The van der Waals surface area contributed by atoms with Crippen molar-refractivity contribution in [1.82, 2.24) is 10.4 Å². The highest BCUT2D eigenvalue weighted by atomic mass is 16.7. The Bertz CT molecular complexity index is 1170. The summed E-state index contributed by atoms with van der Waals surface area (Å²) in [4.78, 5) is 20.6. The summed E-state index contributed by atoms with van der Waals surface area (Å²) >= 11 is 0. The molecule has 5 rings (SSSR count). The highest BCUT2D eigenvalue weighted by molar-refractivity contribution is 5.89. The van der Waals surface area contributed by atoms with Gasteiger partial charge in [-0.3, -0.25) is 10.3 Å². The molecular weight excluding hydrogens is 430 g/mol. The first kappa shape index (κ1) is 21.9. The smallest absolute Gasteiger partial charge is 0.321 e. The van der Waals surface area contributed by atoms with Gasteiger partial charge in [0.25, 0.3) is 0 Å². The van der Waals surface area contributed by atoms with Crippen molar-refractivity contribution >= 4 is 17.4 Å². The number of hydrogen-bond donors (Lipinski definition) is 2. The predicted octanol–water partition coefficient (Wildman–Crippen LogP) is 5.43. The van der Waals surface area contributed by atoms with Gasteiger partial charge < -0.3 is 19.7 Å². The van der Waals surface area contributed by atoms with Gasteiger partial charge >= 0.3 is 6.03 Å². The second kappa shape index (κ2) is 9.49. The van der Waals surface area contributed by atoms with Crippen LogP contribution >= 0.6 is 0 Å². The van der Waals surface area contributed by atoms with Gasteiger partial charge in [-0.25, -0.2) is 4.79 Å². The number of nitrogens with zero attached hydrogens (tertiary/aromatic N) is 1. The van der Waals surface area contributed by atoms with E-state index in [0.29, 0.717) is 31.7 Å². The summed E-state index contributed by atoms with van der Waals surface area (Å²) in [5, 5.41) is 2.97. The Hall–Kier alpha value is -3.97. The molecule has 3 aromatic carbocycles. The lowest BCUT2D eigenvalue weighted by atomic mass is 9.90. The van der Waals surface area contributed by atoms with Crippen molar-refractivity contribution in [3.63, 3.8) is 0 Å². The number of nitrogens with one attached hydrogen (secondary N) is 2. The summed E-state index contributed by atoms with van der Waals surface area (Å²) < 4.78 is 11.1. The molecule has 0 radical (unpaired) electrons. The van der Waals surface area contributed by atoms with Crippen molar-refractivity contribution in [2.75, 3.05) is 25.5 Å². The minimum absolute atomic E-state index is 0.116. The zero-order valence-electron chi connectivity index (χ0n) is 19.0. The van der Waals surface area contributed by atoms with Crippen LogP contribution in [0.15, 0.2) is 84.9 Å². The first-order chi connectivity index (χ1) is 16.6. The standard InChI is InChI=1S/C27H27N3O4/c1-32-24-9-5-6-20(18-24)25-19-27(34-29-25)14-16-30(17-15-27)26(31)28-21-10-12-23(13-11-21)33-22-7-3-2-4-8-22/h2-13,18-19,29H,14-17H2,1H3,(H,28,31). The minimum Gasteiger partial charge on any atom is -0.497 e. The fraction of sp³-hybridized carbons (Fsp3) is 0.222. The summed E-state index contributed by atoms with van der Waals surface area (Å²) in [6.07, 6.45) is 3.55. The molecule has 7 nitrogen and oxygen atoms in total. The molecule has 7 heteroatoms. The fourth-order valence-corrected chi connectivity index (χ4v) is 4.18. The Morgan fingerprint density at radius 3 is 2.38 bits per heavy atom. The minimum atomic E-state index is -0.411. The summed E-state index contributed by atoms with van der Waals surface area (Å²) in [6, 6.07) is 24.7. The monoisotopic (exact) mass is 457 g/mol. The largest absolute Gasteiger partial charge is 0.497 e. The molecule has 0 saturated carbocycles. The predicted molar refractivity (Wildman–Crippen MR) is 131 cm³/mol. The first-order valence-corrected chi connectivity index (χ1v) is 11.3. The number of para-hydroxylation sites is 1. The van der Waals surface area contributed by atoms with Gasteiger partial charge in [0.1, 0.15) is 22.8 Å². The van der Waals surface area contributed by atoms with E-state index in [1.54, 1.807) is 7.11 Å². The lowest BCUT2D eigenvalue weighted by Gasteiger charge is -2.36. The number of likely N-dealkylation sites (tertiary alicyclic amines) is 1. The SMILES string of the molecule is COc1cccc(C2=CC3(CCN(C(=O)Nc4ccc(Oc5ccccc5)cc4)CC3)ON2)c1. The third kappa shape index (κ3) is 4.84. The maximum Gasteiger partial charge on any atom is 0.321 e. The number of benzene rings is 3. The Morgan fingerprint density at radius 2 is 1.65 bits per heavy atom. The normalized spacial score (nSPS) is 16.5. The number of carbonyl (C=O) groups excluding carboxylic acids is 1. The molecular formula is C27H27N3O4. The van der Waals surface area contributed by atoms with Crippen molar-refractivity contribution in [3.05, 3.63) is 90.5 Å². The molecule has 0 unspecified atom stereocenters. The van der Waals surface area contributed by atoms with Gasteiger partial charge in [-0.05, 0) is 54.6 Å². The van der Waals surface area contributed by atoms with E-state index in [2.05, 4.69) is 16.9 Å². The van der Waals surface area contributed by atoms with Gasteiger partial charge in [-0.15, -0.1) is 0 Å². The summed E-state index contributed by atoms with van der Waals surface area (Å²) in [5.41, 5.74) is 5.32. The number of anilines is 1. The van der Waals surface area contributed by atoms with E-state index in [-0.39, 0.29) is 6.03 Å². The van der Waals surface area contributed by atoms with E-state index in [0.717, 1.165) is 28.4 Å². The summed E-state index contributed by atoms with van der Waals surface area (Å²) in [5.74, 6) is 2.29. The lowest BCUT2D eigenvalue weighted by molar-refractivity contribution is -0.0634. The lowest BCUT2D eigenvalue weighted by Crippen LogP contribution is -2.48. The Labute approximate surface area is 198 Å². The zero-order valence-corrected chi connectivity index (χ0v) is 19.0. The average Bonchev–Trinajstić information content (AvgIpc) is 3.29. The Morgan fingerprint density at radius 1 is 0.941 bits per heavy atom. The molecule has 0 aliphatic carbocycles. The van der Waals surface area contributed by atoms with E-state index in [9.17, 15) is 4.79 Å². The van der Waals surface area contributed by atoms with Crippen molar-refractivity contribution in [2.24, 2.45) is 0 Å². The molecule has 34 heavy (non-hydrogen) atoms. The van der Waals surface area contributed by atoms with Gasteiger partial charge in [0.15, 0.2) is 0 Å². The third-order valence-electron chi connectivity index (χ3n) is 6.13. The van der Waals surface area contributed by atoms with Crippen LogP contribution in [0.1, 0.15) is 18.4 Å². The highest BCUT2D eigenvalue weighted by Gasteiger charge is 2.40. The van der Waals surface area contributed by atoms with Gasteiger partial charge in [-0.2, -0.15) is 0 Å². The number of carbonyl (C=O) groups is 1. The van der Waals surface area contributed by atoms with Crippen LogP contribution in [0.5, 0.6) is 17.2 Å². The molecule has 2 aliphatic rings. The van der Waals surface area contributed by atoms with Crippen LogP contribution in [0.25, 0.3) is 5.70 Å².